The molecule has 53 heavy (non-hydrogen) atoms. The predicted molar refractivity (Wildman–Crippen MR) is 198 cm³/mol. The first-order valence-electron chi connectivity index (χ1n) is 18.7. The number of ether oxygens (including phenoxy) is 2. The van der Waals surface area contributed by atoms with Crippen molar-refractivity contribution < 1.29 is 37.8 Å². The lowest BCUT2D eigenvalue weighted by atomic mass is 9.93. The summed E-state index contributed by atoms with van der Waals surface area (Å²) in [6.45, 7) is 12.0. The van der Waals surface area contributed by atoms with Gasteiger partial charge < -0.3 is 30.7 Å². The molecule has 0 aliphatic carbocycles. The van der Waals surface area contributed by atoms with E-state index in [0.29, 0.717) is 51.1 Å². The Hall–Kier alpha value is -4.20. The van der Waals surface area contributed by atoms with Crippen LogP contribution in [0.1, 0.15) is 65.0 Å². The zero-order valence-corrected chi connectivity index (χ0v) is 31.6. The van der Waals surface area contributed by atoms with Crippen molar-refractivity contribution in [1.29, 1.82) is 0 Å². The third kappa shape index (κ3) is 13.6. The smallest absolute Gasteiger partial charge is 0.243 e. The molecule has 290 valence electrons. The van der Waals surface area contributed by atoms with E-state index in [0.717, 1.165) is 5.56 Å². The van der Waals surface area contributed by atoms with Gasteiger partial charge in [-0.15, -0.1) is 0 Å². The Morgan fingerprint density at radius 1 is 0.736 bits per heavy atom. The predicted octanol–water partition coefficient (Wildman–Crippen LogP) is 2.72. The summed E-state index contributed by atoms with van der Waals surface area (Å²) < 4.78 is 24.6. The first-order chi connectivity index (χ1) is 25.2. The van der Waals surface area contributed by atoms with E-state index in [1.165, 1.54) is 24.3 Å². The molecule has 5 atom stereocenters. The second-order valence-electron chi connectivity index (χ2n) is 15.2. The molecule has 12 nitrogen and oxygen atoms in total. The zero-order valence-electron chi connectivity index (χ0n) is 31.6. The highest BCUT2D eigenvalue weighted by Crippen LogP contribution is 2.29. The lowest BCUT2D eigenvalue weighted by molar-refractivity contribution is -0.135. The molecule has 4 rings (SSSR count). The number of nitrogens with zero attached hydrogens (tertiary/aromatic N) is 1. The third-order valence-electron chi connectivity index (χ3n) is 9.45. The molecule has 4 N–H and O–H groups in total. The van der Waals surface area contributed by atoms with Crippen molar-refractivity contribution in [2.45, 2.75) is 96.5 Å². The van der Waals surface area contributed by atoms with Crippen molar-refractivity contribution in [2.75, 3.05) is 39.5 Å². The molecule has 2 aromatic rings. The number of carbonyl (C=O) groups is 5. The number of hydrogen-bond acceptors (Lipinski definition) is 8. The molecule has 0 bridgehead atoms. The van der Waals surface area contributed by atoms with Crippen LogP contribution in [0.25, 0.3) is 0 Å². The maximum Gasteiger partial charge on any atom is 0.243 e. The van der Waals surface area contributed by atoms with Gasteiger partial charge in [0.2, 0.25) is 23.6 Å². The molecular formula is C40H56FN5O7. The number of hydrogen-bond donors (Lipinski definition) is 4. The first-order valence-corrected chi connectivity index (χ1v) is 18.7. The van der Waals surface area contributed by atoms with E-state index in [-0.39, 0.29) is 49.5 Å². The highest BCUT2D eigenvalue weighted by atomic mass is 19.1. The molecular weight excluding hydrogens is 681 g/mol. The number of aryl methyl sites for hydroxylation is 1. The first kappa shape index (κ1) is 41.6. The number of rotatable bonds is 20. The highest BCUT2D eigenvalue weighted by Gasteiger charge is 2.50. The van der Waals surface area contributed by atoms with Gasteiger partial charge in [-0.1, -0.05) is 70.2 Å². The van der Waals surface area contributed by atoms with Crippen LogP contribution in [-0.2, 0) is 46.3 Å². The summed E-state index contributed by atoms with van der Waals surface area (Å²) >= 11 is 0. The van der Waals surface area contributed by atoms with Crippen molar-refractivity contribution in [2.24, 2.45) is 11.8 Å². The number of ketones is 1. The number of Topliss-reactive ketones (excluding diaryl/α,β-unsaturated/α-hetero) is 1. The summed E-state index contributed by atoms with van der Waals surface area (Å²) in [6.07, 6.45) is 1.43. The van der Waals surface area contributed by atoms with Crippen LogP contribution >= 0.6 is 0 Å². The van der Waals surface area contributed by atoms with Crippen LogP contribution in [0.4, 0.5) is 4.39 Å². The van der Waals surface area contributed by atoms with E-state index >= 15 is 0 Å². The lowest BCUT2D eigenvalue weighted by Crippen LogP contribution is -2.59. The molecule has 13 heteroatoms. The van der Waals surface area contributed by atoms with E-state index in [9.17, 15) is 28.4 Å². The van der Waals surface area contributed by atoms with E-state index in [1.807, 2.05) is 62.9 Å². The normalized spacial score (nSPS) is 19.5. The van der Waals surface area contributed by atoms with Gasteiger partial charge in [0.05, 0.1) is 32.4 Å². The average Bonchev–Trinajstić information content (AvgIpc) is 3.88. The molecule has 2 fully saturated rings. The molecule has 0 radical (unpaired) electrons. The number of halogens is 1. The van der Waals surface area contributed by atoms with Crippen LogP contribution in [0.3, 0.4) is 0 Å². The van der Waals surface area contributed by atoms with Gasteiger partial charge in [0.25, 0.3) is 0 Å². The molecule has 0 saturated carbocycles. The summed E-state index contributed by atoms with van der Waals surface area (Å²) in [5.41, 5.74) is 0.615. The summed E-state index contributed by atoms with van der Waals surface area (Å²) in [6, 6.07) is 11.2. The number of nitrogens with one attached hydrogen (secondary N) is 4. The van der Waals surface area contributed by atoms with Crippen molar-refractivity contribution >= 4 is 29.4 Å². The topological polar surface area (TPSA) is 158 Å². The van der Waals surface area contributed by atoms with E-state index in [2.05, 4.69) is 21.3 Å². The molecule has 0 aromatic heterocycles. The van der Waals surface area contributed by atoms with Crippen molar-refractivity contribution in [1.82, 2.24) is 26.2 Å². The van der Waals surface area contributed by atoms with Gasteiger partial charge in [-0.2, -0.15) is 0 Å². The maximum absolute atomic E-state index is 14.1. The van der Waals surface area contributed by atoms with Gasteiger partial charge in [-0.3, -0.25) is 28.9 Å². The molecule has 2 saturated heterocycles. The summed E-state index contributed by atoms with van der Waals surface area (Å²) in [5, 5.41) is 11.4. The number of morpholine rings is 1. The molecule has 2 aromatic carbocycles. The summed E-state index contributed by atoms with van der Waals surface area (Å²) in [5.74, 6) is -2.65. The highest BCUT2D eigenvalue weighted by molar-refractivity contribution is 5.98. The molecule has 2 aliphatic rings. The Kier molecular flexibility index (Phi) is 15.5. The van der Waals surface area contributed by atoms with Crippen LogP contribution in [-0.4, -0.2) is 104 Å². The minimum absolute atomic E-state index is 0.00779. The molecule has 2 heterocycles. The Labute approximate surface area is 312 Å². The monoisotopic (exact) mass is 737 g/mol. The Morgan fingerprint density at radius 2 is 1.28 bits per heavy atom. The molecule has 4 amide bonds. The molecule has 0 spiro atoms. The van der Waals surface area contributed by atoms with E-state index in [1.54, 1.807) is 6.92 Å². The second kappa shape index (κ2) is 19.8. The quantitative estimate of drug-likeness (QED) is 0.151. The third-order valence-corrected chi connectivity index (χ3v) is 9.45. The van der Waals surface area contributed by atoms with Crippen molar-refractivity contribution in [3.05, 3.63) is 71.5 Å². The molecule has 2 aliphatic heterocycles. The fraction of sp³-hybridized carbons (Fsp3) is 0.575. The fourth-order valence-electron chi connectivity index (χ4n) is 6.33. The average molecular weight is 738 g/mol. The number of amides is 4. The zero-order chi connectivity index (χ0) is 38.5. The van der Waals surface area contributed by atoms with Crippen LogP contribution in [0.2, 0.25) is 0 Å². The minimum Gasteiger partial charge on any atom is -0.379 e. The van der Waals surface area contributed by atoms with Crippen molar-refractivity contribution in [3.63, 3.8) is 0 Å². The summed E-state index contributed by atoms with van der Waals surface area (Å²) in [7, 11) is 0. The second-order valence-corrected chi connectivity index (χ2v) is 15.2. The van der Waals surface area contributed by atoms with Gasteiger partial charge in [-0.25, -0.2) is 4.39 Å². The Balaban J connectivity index is 1.52. The Bertz CT molecular complexity index is 1530. The number of benzene rings is 2. The number of carbonyl (C=O) groups excluding carboxylic acids is 5. The fourth-order valence-corrected chi connectivity index (χ4v) is 6.33. The molecule has 2 unspecified atom stereocenters. The van der Waals surface area contributed by atoms with Gasteiger partial charge in [0, 0.05) is 19.5 Å². The van der Waals surface area contributed by atoms with E-state index in [4.69, 9.17) is 9.47 Å². The van der Waals surface area contributed by atoms with E-state index < -0.39 is 53.3 Å². The van der Waals surface area contributed by atoms with Crippen LogP contribution in [0, 0.1) is 17.7 Å². The largest absolute Gasteiger partial charge is 0.379 e. The summed E-state index contributed by atoms with van der Waals surface area (Å²) in [4.78, 5) is 70.4. The maximum atomic E-state index is 14.1. The van der Waals surface area contributed by atoms with Crippen LogP contribution in [0.15, 0.2) is 54.6 Å². The van der Waals surface area contributed by atoms with Gasteiger partial charge in [-0.05, 0) is 67.7 Å². The number of epoxide rings is 1. The Morgan fingerprint density at radius 3 is 1.89 bits per heavy atom. The van der Waals surface area contributed by atoms with Gasteiger partial charge in [0.15, 0.2) is 5.78 Å². The van der Waals surface area contributed by atoms with Gasteiger partial charge >= 0.3 is 0 Å². The standard InChI is InChI=1S/C40H56FN5O7/c1-26(2)21-32(36(48)40(5)25-53-40)43-39(51)34(23-29-11-14-30(41)15-12-29)45-38(50)33(22-27(3)4)44-37(49)31(16-13-28-9-7-6-8-10-28)42-35(47)24-46-17-19-52-20-18-46/h6-12,14-15,26-27,31-34H,13,16-25H2,1-5H3,(H,42,47)(H,43,51)(H,44,49)(H,45,50)/t31-,32?,33?,34-,40+/m0/s1. The SMILES string of the molecule is CC(C)CC(NC(=O)[C@H](CCc1ccccc1)NC(=O)CN1CCOCC1)C(=O)N[C@@H](Cc1ccc(F)cc1)C(=O)NC(CC(C)C)C(=O)[C@@]1(C)CO1. The van der Waals surface area contributed by atoms with Crippen molar-refractivity contribution in [3.8, 4) is 0 Å². The van der Waals surface area contributed by atoms with Crippen LogP contribution < -0.4 is 21.3 Å². The minimum atomic E-state index is -1.16. The van der Waals surface area contributed by atoms with Crippen LogP contribution in [0.5, 0.6) is 0 Å². The lowest BCUT2D eigenvalue weighted by Gasteiger charge is -2.29. The van der Waals surface area contributed by atoms with Gasteiger partial charge in [0.1, 0.15) is 29.5 Å².